The predicted molar refractivity (Wildman–Crippen MR) is 87.3 cm³/mol. The molecule has 0 radical (unpaired) electrons. The highest BCUT2D eigenvalue weighted by Gasteiger charge is 2.20. The van der Waals surface area contributed by atoms with E-state index in [0.29, 0.717) is 6.04 Å². The second-order valence-electron chi connectivity index (χ2n) is 5.99. The summed E-state index contributed by atoms with van der Waals surface area (Å²) in [6.07, 6.45) is 5.85. The van der Waals surface area contributed by atoms with E-state index in [1.165, 1.54) is 5.56 Å². The summed E-state index contributed by atoms with van der Waals surface area (Å²) >= 11 is 0. The largest absolute Gasteiger partial charge is 0.308 e. The van der Waals surface area contributed by atoms with Gasteiger partial charge in [-0.25, -0.2) is 14.3 Å². The van der Waals surface area contributed by atoms with Crippen LogP contribution in [0, 0.1) is 6.92 Å². The number of nitrogens with one attached hydrogen (secondary N) is 1. The highest BCUT2D eigenvalue weighted by molar-refractivity contribution is 5.33. The first-order chi connectivity index (χ1) is 11.3. The van der Waals surface area contributed by atoms with Crippen LogP contribution in [0.5, 0.6) is 0 Å². The van der Waals surface area contributed by atoms with Gasteiger partial charge in [-0.1, -0.05) is 12.1 Å². The van der Waals surface area contributed by atoms with E-state index < -0.39 is 0 Å². The highest BCUT2D eigenvalue weighted by atomic mass is 15.4. The fourth-order valence-corrected chi connectivity index (χ4v) is 3.05. The topological polar surface area (TPSA) is 60.6 Å². The summed E-state index contributed by atoms with van der Waals surface area (Å²) in [5.41, 5.74) is 2.36. The van der Waals surface area contributed by atoms with Crippen LogP contribution in [0.3, 0.4) is 0 Å². The molecule has 1 aliphatic heterocycles. The van der Waals surface area contributed by atoms with Crippen LogP contribution in [0.4, 0.5) is 0 Å². The number of hydrogen-bond donors (Lipinski definition) is 1. The van der Waals surface area contributed by atoms with Crippen LogP contribution in [0.15, 0.2) is 42.7 Å². The minimum Gasteiger partial charge on any atom is -0.308 e. The lowest BCUT2D eigenvalue weighted by atomic mass is 10.1. The molecule has 1 aromatic carbocycles. The molecular formula is C17H20N6. The molecule has 1 unspecified atom stereocenters. The Morgan fingerprint density at radius 2 is 2.13 bits per heavy atom. The van der Waals surface area contributed by atoms with Crippen LogP contribution < -0.4 is 5.32 Å². The van der Waals surface area contributed by atoms with Crippen LogP contribution in [-0.2, 0) is 19.5 Å². The first-order valence-electron chi connectivity index (χ1n) is 8.00. The molecule has 0 aliphatic carbocycles. The van der Waals surface area contributed by atoms with E-state index >= 15 is 0 Å². The van der Waals surface area contributed by atoms with Gasteiger partial charge in [0.25, 0.3) is 0 Å². The van der Waals surface area contributed by atoms with Crippen molar-refractivity contribution in [1.29, 1.82) is 0 Å². The molecule has 2 aromatic heterocycles. The lowest BCUT2D eigenvalue weighted by Gasteiger charge is -2.23. The van der Waals surface area contributed by atoms with Gasteiger partial charge in [0.05, 0.1) is 12.2 Å². The number of rotatable bonds is 4. The van der Waals surface area contributed by atoms with Crippen molar-refractivity contribution < 1.29 is 0 Å². The molecule has 23 heavy (non-hydrogen) atoms. The Hall–Kier alpha value is -2.47. The van der Waals surface area contributed by atoms with Crippen molar-refractivity contribution in [2.24, 2.45) is 0 Å². The van der Waals surface area contributed by atoms with Gasteiger partial charge >= 0.3 is 0 Å². The van der Waals surface area contributed by atoms with E-state index in [9.17, 15) is 0 Å². The molecule has 1 atom stereocenters. The molecule has 3 heterocycles. The minimum atomic E-state index is 0.453. The zero-order chi connectivity index (χ0) is 15.6. The smallest absolute Gasteiger partial charge is 0.147 e. The van der Waals surface area contributed by atoms with E-state index in [0.717, 1.165) is 43.3 Å². The van der Waals surface area contributed by atoms with Gasteiger partial charge in [0, 0.05) is 31.4 Å². The van der Waals surface area contributed by atoms with Crippen LogP contribution in [0.2, 0.25) is 0 Å². The lowest BCUT2D eigenvalue weighted by molar-refractivity contribution is 0.357. The molecule has 0 fully saturated rings. The fourth-order valence-electron chi connectivity index (χ4n) is 3.05. The van der Waals surface area contributed by atoms with E-state index in [1.807, 2.05) is 28.6 Å². The second-order valence-corrected chi connectivity index (χ2v) is 5.99. The Balaban J connectivity index is 1.36. The quantitative estimate of drug-likeness (QED) is 0.799. The van der Waals surface area contributed by atoms with E-state index in [-0.39, 0.29) is 0 Å². The van der Waals surface area contributed by atoms with Gasteiger partial charge in [-0.15, -0.1) is 0 Å². The average Bonchev–Trinajstić information content (AvgIpc) is 3.21. The van der Waals surface area contributed by atoms with Crippen molar-refractivity contribution in [3.05, 3.63) is 59.9 Å². The number of benzene rings is 1. The predicted octanol–water partition coefficient (Wildman–Crippen LogP) is 1.88. The van der Waals surface area contributed by atoms with Crippen molar-refractivity contribution in [1.82, 2.24) is 29.9 Å². The lowest BCUT2D eigenvalue weighted by Crippen LogP contribution is -2.37. The molecule has 3 aromatic rings. The van der Waals surface area contributed by atoms with Crippen LogP contribution in [0.1, 0.15) is 23.6 Å². The van der Waals surface area contributed by atoms with Crippen molar-refractivity contribution >= 4 is 0 Å². The SMILES string of the molecule is Cc1nc2n(n1)CC(NCc1ccc(-n3cccn3)cc1)CC2. The Bertz CT molecular complexity index is 772. The molecule has 1 aliphatic rings. The molecule has 0 bridgehead atoms. The van der Waals surface area contributed by atoms with Gasteiger partial charge in [-0.3, -0.25) is 0 Å². The van der Waals surface area contributed by atoms with E-state index in [4.69, 9.17) is 0 Å². The maximum absolute atomic E-state index is 4.45. The van der Waals surface area contributed by atoms with Gasteiger partial charge in [0.1, 0.15) is 11.6 Å². The maximum Gasteiger partial charge on any atom is 0.147 e. The Morgan fingerprint density at radius 3 is 2.91 bits per heavy atom. The van der Waals surface area contributed by atoms with Crippen LogP contribution in [-0.4, -0.2) is 30.6 Å². The summed E-state index contributed by atoms with van der Waals surface area (Å²) in [5.74, 6) is 1.99. The van der Waals surface area contributed by atoms with Crippen molar-refractivity contribution in [3.8, 4) is 5.69 Å². The monoisotopic (exact) mass is 308 g/mol. The van der Waals surface area contributed by atoms with E-state index in [1.54, 1.807) is 6.20 Å². The first kappa shape index (κ1) is 14.1. The molecule has 0 amide bonds. The van der Waals surface area contributed by atoms with Gasteiger partial charge in [-0.05, 0) is 37.1 Å². The molecular weight excluding hydrogens is 288 g/mol. The molecule has 0 saturated carbocycles. The Labute approximate surface area is 135 Å². The highest BCUT2D eigenvalue weighted by Crippen LogP contribution is 2.14. The molecule has 0 spiro atoms. The van der Waals surface area contributed by atoms with Crippen LogP contribution in [0.25, 0.3) is 5.69 Å². The summed E-state index contributed by atoms with van der Waals surface area (Å²) in [6, 6.07) is 10.9. The standard InChI is InChI=1S/C17H20N6/c1-13-20-17-8-5-15(12-23(17)21-13)18-11-14-3-6-16(7-4-14)22-10-2-9-19-22/h2-4,6-7,9-10,15,18H,5,8,11-12H2,1H3. The van der Waals surface area contributed by atoms with Crippen molar-refractivity contribution in [3.63, 3.8) is 0 Å². The zero-order valence-electron chi connectivity index (χ0n) is 13.2. The molecule has 4 rings (SSSR count). The number of aryl methyl sites for hydroxylation is 2. The number of hydrogen-bond acceptors (Lipinski definition) is 4. The number of nitrogens with zero attached hydrogens (tertiary/aromatic N) is 5. The zero-order valence-corrected chi connectivity index (χ0v) is 13.2. The van der Waals surface area contributed by atoms with Crippen molar-refractivity contribution in [2.45, 2.75) is 38.9 Å². The number of aromatic nitrogens is 5. The van der Waals surface area contributed by atoms with Gasteiger partial charge < -0.3 is 5.32 Å². The molecule has 1 N–H and O–H groups in total. The Morgan fingerprint density at radius 1 is 1.26 bits per heavy atom. The summed E-state index contributed by atoms with van der Waals surface area (Å²) < 4.78 is 3.91. The maximum atomic E-state index is 4.45. The summed E-state index contributed by atoms with van der Waals surface area (Å²) in [5, 5.41) is 12.3. The van der Waals surface area contributed by atoms with Gasteiger partial charge in [0.2, 0.25) is 0 Å². The Kier molecular flexibility index (Phi) is 3.67. The van der Waals surface area contributed by atoms with E-state index in [2.05, 4.69) is 44.8 Å². The van der Waals surface area contributed by atoms with Gasteiger partial charge in [0.15, 0.2) is 0 Å². The third kappa shape index (κ3) is 3.03. The van der Waals surface area contributed by atoms with Gasteiger partial charge in [-0.2, -0.15) is 10.2 Å². The first-order valence-corrected chi connectivity index (χ1v) is 8.00. The summed E-state index contributed by atoms with van der Waals surface area (Å²) in [6.45, 7) is 3.73. The molecule has 118 valence electrons. The molecule has 6 nitrogen and oxygen atoms in total. The van der Waals surface area contributed by atoms with Crippen LogP contribution >= 0.6 is 0 Å². The molecule has 0 saturated heterocycles. The summed E-state index contributed by atoms with van der Waals surface area (Å²) in [7, 11) is 0. The fraction of sp³-hybridized carbons (Fsp3) is 0.353. The third-order valence-electron chi connectivity index (χ3n) is 4.26. The second kappa shape index (κ2) is 5.96. The van der Waals surface area contributed by atoms with Crippen molar-refractivity contribution in [2.75, 3.05) is 0 Å². The third-order valence-corrected chi connectivity index (χ3v) is 4.26. The average molecular weight is 308 g/mol. The number of fused-ring (bicyclic) bond motifs is 1. The molecule has 6 heteroatoms. The summed E-state index contributed by atoms with van der Waals surface area (Å²) in [4.78, 5) is 4.45. The minimum absolute atomic E-state index is 0.453. The normalized spacial score (nSPS) is 17.2.